The third kappa shape index (κ3) is 3.78. The van der Waals surface area contributed by atoms with E-state index in [0.717, 1.165) is 6.42 Å². The number of fused-ring (bicyclic) bond motifs is 2. The first kappa shape index (κ1) is 21.3. The minimum atomic E-state index is -1.09. The standard InChI is InChI=1S/C23H25N7O3/c1-25-22(32)19-16(24)18(31)23(33-19)30-12-29-17-20(27-11-28-21(17)30)26-10-9-14-7-4-6-13-5-2-3-8-15(13)14/h2-8,11-12,16,18-19,23,31H,9-10,24H2,1H3,(H,25,32)(H,26,27,28)/t16-,18+,19-,23+/m0/s1. The van der Waals surface area contributed by atoms with Crippen molar-refractivity contribution >= 4 is 33.7 Å². The Morgan fingerprint density at radius 2 is 2.00 bits per heavy atom. The third-order valence-corrected chi connectivity index (χ3v) is 6.03. The van der Waals surface area contributed by atoms with E-state index in [-0.39, 0.29) is 5.91 Å². The van der Waals surface area contributed by atoms with E-state index in [9.17, 15) is 9.90 Å². The van der Waals surface area contributed by atoms with Crippen LogP contribution in [0.4, 0.5) is 5.82 Å². The highest BCUT2D eigenvalue weighted by atomic mass is 16.5. The first-order valence-corrected chi connectivity index (χ1v) is 10.8. The molecule has 0 saturated carbocycles. The topological polar surface area (TPSA) is 140 Å². The molecule has 1 saturated heterocycles. The van der Waals surface area contributed by atoms with Gasteiger partial charge in [0.25, 0.3) is 5.91 Å². The first-order chi connectivity index (χ1) is 16.1. The van der Waals surface area contributed by atoms with Crippen molar-refractivity contribution in [2.45, 2.75) is 30.9 Å². The fraction of sp³-hybridized carbons (Fsp3) is 0.304. The minimum absolute atomic E-state index is 0.390. The lowest BCUT2D eigenvalue weighted by molar-refractivity contribution is -0.134. The maximum absolute atomic E-state index is 12.0. The average Bonchev–Trinajstić information content (AvgIpc) is 3.40. The van der Waals surface area contributed by atoms with Crippen LogP contribution in [0.5, 0.6) is 0 Å². The summed E-state index contributed by atoms with van der Waals surface area (Å²) in [4.78, 5) is 25.1. The number of nitrogens with one attached hydrogen (secondary N) is 2. The van der Waals surface area contributed by atoms with E-state index in [4.69, 9.17) is 10.5 Å². The number of aromatic nitrogens is 4. The second-order valence-corrected chi connectivity index (χ2v) is 7.99. The van der Waals surface area contributed by atoms with Crippen LogP contribution in [-0.4, -0.2) is 62.4 Å². The lowest BCUT2D eigenvalue weighted by Crippen LogP contribution is -2.46. The van der Waals surface area contributed by atoms with Crippen LogP contribution in [-0.2, 0) is 16.0 Å². The molecule has 4 atom stereocenters. The van der Waals surface area contributed by atoms with Gasteiger partial charge in [-0.25, -0.2) is 15.0 Å². The molecule has 3 heterocycles. The molecule has 0 spiro atoms. The summed E-state index contributed by atoms with van der Waals surface area (Å²) in [5, 5.41) is 18.9. The van der Waals surface area contributed by atoms with Crippen molar-refractivity contribution in [2.75, 3.05) is 18.9 Å². The van der Waals surface area contributed by atoms with Gasteiger partial charge in [-0.15, -0.1) is 0 Å². The Balaban J connectivity index is 1.35. The molecule has 2 aromatic heterocycles. The van der Waals surface area contributed by atoms with Gasteiger partial charge in [0.15, 0.2) is 29.3 Å². The zero-order valence-electron chi connectivity index (χ0n) is 18.0. The van der Waals surface area contributed by atoms with Gasteiger partial charge in [0, 0.05) is 13.6 Å². The molecular weight excluding hydrogens is 422 g/mol. The summed E-state index contributed by atoms with van der Waals surface area (Å²) in [7, 11) is 1.49. The number of ether oxygens (including phenoxy) is 1. The highest BCUT2D eigenvalue weighted by Gasteiger charge is 2.46. The molecule has 1 aliphatic heterocycles. The number of carbonyl (C=O) groups excluding carboxylic acids is 1. The highest BCUT2D eigenvalue weighted by molar-refractivity contribution is 5.86. The van der Waals surface area contributed by atoms with Crippen LogP contribution in [0.25, 0.3) is 21.9 Å². The van der Waals surface area contributed by atoms with Crippen molar-refractivity contribution in [1.29, 1.82) is 0 Å². The number of likely N-dealkylation sites (N-methyl/N-ethyl adjacent to an activating group) is 1. The number of aliphatic hydroxyl groups excluding tert-OH is 1. The van der Waals surface area contributed by atoms with E-state index in [2.05, 4.69) is 55.9 Å². The van der Waals surface area contributed by atoms with Gasteiger partial charge in [0.2, 0.25) is 0 Å². The number of rotatable bonds is 6. The summed E-state index contributed by atoms with van der Waals surface area (Å²) >= 11 is 0. The Morgan fingerprint density at radius 1 is 1.18 bits per heavy atom. The summed E-state index contributed by atoms with van der Waals surface area (Å²) in [5.74, 6) is 0.192. The van der Waals surface area contributed by atoms with Crippen molar-refractivity contribution < 1.29 is 14.6 Å². The summed E-state index contributed by atoms with van der Waals surface area (Å²) in [6.07, 6.45) is 0.807. The zero-order chi connectivity index (χ0) is 22.9. The predicted molar refractivity (Wildman–Crippen MR) is 123 cm³/mol. The molecule has 170 valence electrons. The van der Waals surface area contributed by atoms with Crippen LogP contribution in [0.1, 0.15) is 11.8 Å². The summed E-state index contributed by atoms with van der Waals surface area (Å²) in [6, 6.07) is 13.7. The molecule has 0 unspecified atom stereocenters. The fourth-order valence-corrected chi connectivity index (χ4v) is 4.29. The van der Waals surface area contributed by atoms with Gasteiger partial charge < -0.3 is 26.2 Å². The number of amides is 1. The molecule has 0 radical (unpaired) electrons. The molecule has 0 bridgehead atoms. The predicted octanol–water partition coefficient (Wildman–Crippen LogP) is 0.966. The molecule has 1 aliphatic rings. The van der Waals surface area contributed by atoms with E-state index in [1.807, 2.05) is 12.1 Å². The van der Waals surface area contributed by atoms with E-state index in [1.165, 1.54) is 36.0 Å². The summed E-state index contributed by atoms with van der Waals surface area (Å²) < 4.78 is 7.35. The van der Waals surface area contributed by atoms with Crippen LogP contribution in [0.2, 0.25) is 0 Å². The number of carbonyl (C=O) groups is 1. The number of hydrogen-bond acceptors (Lipinski definition) is 8. The SMILES string of the molecule is CNC(=O)[C@H]1O[C@@H](n2cnc3c(NCCc4cccc5ccccc45)ncnc32)[C@H](O)[C@@H]1N. The molecule has 33 heavy (non-hydrogen) atoms. The molecule has 5 N–H and O–H groups in total. The van der Waals surface area contributed by atoms with E-state index in [0.29, 0.717) is 23.5 Å². The molecule has 4 aromatic rings. The zero-order valence-corrected chi connectivity index (χ0v) is 18.0. The van der Waals surface area contributed by atoms with Crippen molar-refractivity contribution in [3.63, 3.8) is 0 Å². The molecule has 10 nitrogen and oxygen atoms in total. The second-order valence-electron chi connectivity index (χ2n) is 7.99. The maximum atomic E-state index is 12.0. The molecule has 5 rings (SSSR count). The van der Waals surface area contributed by atoms with Gasteiger partial charge in [0.05, 0.1) is 12.4 Å². The summed E-state index contributed by atoms with van der Waals surface area (Å²) in [6.45, 7) is 0.652. The Morgan fingerprint density at radius 3 is 2.85 bits per heavy atom. The quantitative estimate of drug-likeness (QED) is 0.343. The minimum Gasteiger partial charge on any atom is -0.387 e. The first-order valence-electron chi connectivity index (χ1n) is 10.8. The molecule has 10 heteroatoms. The number of nitrogens with zero attached hydrogens (tertiary/aromatic N) is 4. The van der Waals surface area contributed by atoms with Gasteiger partial charge in [0.1, 0.15) is 12.4 Å². The Hall–Kier alpha value is -3.60. The highest BCUT2D eigenvalue weighted by Crippen LogP contribution is 2.31. The van der Waals surface area contributed by atoms with Crippen LogP contribution in [0.3, 0.4) is 0 Å². The average molecular weight is 447 g/mol. The van der Waals surface area contributed by atoms with Crippen molar-refractivity contribution in [3.8, 4) is 0 Å². The number of anilines is 1. The van der Waals surface area contributed by atoms with E-state index < -0.39 is 24.5 Å². The number of benzene rings is 2. The van der Waals surface area contributed by atoms with E-state index >= 15 is 0 Å². The second kappa shape index (κ2) is 8.74. The van der Waals surface area contributed by atoms with Crippen LogP contribution in [0.15, 0.2) is 55.1 Å². The molecule has 1 fully saturated rings. The van der Waals surface area contributed by atoms with Crippen LogP contribution < -0.4 is 16.4 Å². The van der Waals surface area contributed by atoms with Gasteiger partial charge in [-0.3, -0.25) is 9.36 Å². The number of hydrogen-bond donors (Lipinski definition) is 4. The Bertz CT molecular complexity index is 1300. The maximum Gasteiger partial charge on any atom is 0.250 e. The molecule has 0 aliphatic carbocycles. The monoisotopic (exact) mass is 447 g/mol. The van der Waals surface area contributed by atoms with Crippen molar-refractivity contribution in [3.05, 3.63) is 60.7 Å². The number of nitrogens with two attached hydrogens (primary N) is 1. The van der Waals surface area contributed by atoms with Gasteiger partial charge in [-0.05, 0) is 22.8 Å². The van der Waals surface area contributed by atoms with Crippen molar-refractivity contribution in [2.24, 2.45) is 5.73 Å². The molecule has 2 aromatic carbocycles. The number of aliphatic hydroxyl groups is 1. The lowest BCUT2D eigenvalue weighted by Gasteiger charge is -2.16. The van der Waals surface area contributed by atoms with Gasteiger partial charge >= 0.3 is 0 Å². The largest absolute Gasteiger partial charge is 0.387 e. The summed E-state index contributed by atoms with van der Waals surface area (Å²) in [5.41, 5.74) is 8.28. The third-order valence-electron chi connectivity index (χ3n) is 6.03. The van der Waals surface area contributed by atoms with Gasteiger partial charge in [-0.1, -0.05) is 42.5 Å². The van der Waals surface area contributed by atoms with Crippen molar-refractivity contribution in [1.82, 2.24) is 24.8 Å². The van der Waals surface area contributed by atoms with E-state index in [1.54, 1.807) is 4.57 Å². The van der Waals surface area contributed by atoms with Gasteiger partial charge in [-0.2, -0.15) is 0 Å². The lowest BCUT2D eigenvalue weighted by atomic mass is 10.0. The Kier molecular flexibility index (Phi) is 5.63. The molecule has 1 amide bonds. The van der Waals surface area contributed by atoms with Crippen LogP contribution >= 0.6 is 0 Å². The fourth-order valence-electron chi connectivity index (χ4n) is 4.29. The normalized spacial score (nSPS) is 22.6. The molecular formula is C23H25N7O3. The number of imidazole rings is 1. The Labute approximate surface area is 189 Å². The smallest absolute Gasteiger partial charge is 0.250 e. The van der Waals surface area contributed by atoms with Crippen LogP contribution in [0, 0.1) is 0 Å².